The summed E-state index contributed by atoms with van der Waals surface area (Å²) >= 11 is 0. The summed E-state index contributed by atoms with van der Waals surface area (Å²) in [5.74, 6) is -9.63. The summed E-state index contributed by atoms with van der Waals surface area (Å²) in [6.07, 6.45) is -8.36. The Labute approximate surface area is 338 Å². The minimum atomic E-state index is -2.81. The van der Waals surface area contributed by atoms with Crippen LogP contribution in [0.25, 0.3) is 0 Å². The number of benzene rings is 4. The van der Waals surface area contributed by atoms with Crippen LogP contribution in [0.1, 0.15) is 61.7 Å². The lowest BCUT2D eigenvalue weighted by Gasteiger charge is -2.47. The first-order valence-electron chi connectivity index (χ1n) is 18.5. The van der Waals surface area contributed by atoms with Crippen LogP contribution in [0.5, 0.6) is 0 Å². The van der Waals surface area contributed by atoms with E-state index in [2.05, 4.69) is 10.6 Å². The van der Waals surface area contributed by atoms with E-state index in [-0.39, 0.29) is 28.9 Å². The van der Waals surface area contributed by atoms with E-state index < -0.39 is 97.5 Å². The molecule has 1 saturated heterocycles. The monoisotopic (exact) mass is 810 g/mol. The van der Waals surface area contributed by atoms with E-state index in [9.17, 15) is 38.7 Å². The minimum Gasteiger partial charge on any atom is -0.465 e. The fourth-order valence-electron chi connectivity index (χ4n) is 6.10. The van der Waals surface area contributed by atoms with Crippen LogP contribution in [-0.4, -0.2) is 103 Å². The number of carbonyl (C=O) groups is 7. The maximum absolute atomic E-state index is 14.2. The number of nitrogens with one attached hydrogen (secondary N) is 2. The van der Waals surface area contributed by atoms with Gasteiger partial charge in [0.1, 0.15) is 19.3 Å². The molecule has 16 heteroatoms. The summed E-state index contributed by atoms with van der Waals surface area (Å²) < 4.78 is 34.6. The van der Waals surface area contributed by atoms with Crippen LogP contribution < -0.4 is 10.6 Å². The highest BCUT2D eigenvalue weighted by Crippen LogP contribution is 2.36. The molecule has 5 rings (SSSR count). The van der Waals surface area contributed by atoms with E-state index in [4.69, 9.17) is 28.4 Å². The van der Waals surface area contributed by atoms with Crippen molar-refractivity contribution in [3.05, 3.63) is 144 Å². The van der Waals surface area contributed by atoms with Crippen molar-refractivity contribution in [1.82, 2.24) is 10.6 Å². The molecule has 1 aliphatic heterocycles. The molecule has 2 amide bonds. The number of hydrogen-bond donors (Lipinski definition) is 3. The average molecular weight is 811 g/mol. The summed E-state index contributed by atoms with van der Waals surface area (Å²) in [7, 11) is 0. The molecule has 0 aliphatic carbocycles. The van der Waals surface area contributed by atoms with Gasteiger partial charge in [-0.1, -0.05) is 72.8 Å². The average Bonchev–Trinajstić information content (AvgIpc) is 3.25. The maximum atomic E-state index is 14.2. The predicted octanol–water partition coefficient (Wildman–Crippen LogP) is 3.18. The summed E-state index contributed by atoms with van der Waals surface area (Å²) in [5.41, 5.74) is 0.100. The van der Waals surface area contributed by atoms with Crippen LogP contribution in [0.2, 0.25) is 0 Å². The number of rotatable bonds is 16. The van der Waals surface area contributed by atoms with Gasteiger partial charge in [-0.15, -0.1) is 0 Å². The van der Waals surface area contributed by atoms with Gasteiger partial charge in [-0.3, -0.25) is 14.4 Å². The molecule has 6 atom stereocenters. The molecule has 0 saturated carbocycles. The van der Waals surface area contributed by atoms with Crippen molar-refractivity contribution < 1.29 is 67.1 Å². The molecule has 0 radical (unpaired) electrons. The van der Waals surface area contributed by atoms with Gasteiger partial charge < -0.3 is 44.2 Å². The van der Waals surface area contributed by atoms with E-state index in [1.54, 1.807) is 67.6 Å². The molecule has 4 aromatic rings. The molecule has 0 spiro atoms. The van der Waals surface area contributed by atoms with Gasteiger partial charge in [0.05, 0.1) is 47.4 Å². The number of esters is 5. The molecule has 0 bridgehead atoms. The predicted molar refractivity (Wildman–Crippen MR) is 205 cm³/mol. The molecule has 1 heterocycles. The normalized spacial score (nSPS) is 19.4. The van der Waals surface area contributed by atoms with Crippen LogP contribution in [0.15, 0.2) is 121 Å². The van der Waals surface area contributed by atoms with Crippen molar-refractivity contribution >= 4 is 41.7 Å². The molecule has 1 aliphatic rings. The third-order valence-corrected chi connectivity index (χ3v) is 8.85. The van der Waals surface area contributed by atoms with Gasteiger partial charge in [0, 0.05) is 6.92 Å². The Balaban J connectivity index is 1.65. The van der Waals surface area contributed by atoms with Crippen molar-refractivity contribution in [3.8, 4) is 0 Å². The zero-order chi connectivity index (χ0) is 42.4. The summed E-state index contributed by atoms with van der Waals surface area (Å²) in [6.45, 7) is 1.10. The number of carbonyl (C=O) groups excluding carboxylic acids is 7. The van der Waals surface area contributed by atoms with Crippen molar-refractivity contribution in [1.29, 1.82) is 0 Å². The standard InChI is InChI=1S/C43H42N2O14/c1-3-54-34(48)25-44-42(53)43(59-41(52)31-22-14-7-15-23-31)24-32(47)35(45-27(2)46)37(58-43)36(57-40(51)30-20-12-6-13-21-30)33(56-39(50)29-18-10-5-11-19-29)26-55-38(49)28-16-8-4-9-17-28/h4-23,32-33,35-37,47H,3,24-26H2,1-2H3,(H,44,53)(H,45,46)/t32-,33-,35-,36-,37-,43-/m1/s1. The minimum absolute atomic E-state index is 0.00620. The highest BCUT2D eigenvalue weighted by molar-refractivity contribution is 5.95. The van der Waals surface area contributed by atoms with Crippen LogP contribution in [0.4, 0.5) is 0 Å². The lowest BCUT2D eigenvalue weighted by Crippen LogP contribution is -2.70. The van der Waals surface area contributed by atoms with Crippen molar-refractivity contribution in [2.45, 2.75) is 56.5 Å². The highest BCUT2D eigenvalue weighted by atomic mass is 16.7. The number of amides is 2. The summed E-state index contributed by atoms with van der Waals surface area (Å²) in [6, 6.07) is 28.9. The second-order valence-corrected chi connectivity index (χ2v) is 13.1. The maximum Gasteiger partial charge on any atom is 0.341 e. The van der Waals surface area contributed by atoms with E-state index in [1.807, 2.05) is 0 Å². The molecule has 4 aromatic carbocycles. The third-order valence-electron chi connectivity index (χ3n) is 8.85. The molecular formula is C43H42N2O14. The zero-order valence-corrected chi connectivity index (χ0v) is 32.0. The summed E-state index contributed by atoms with van der Waals surface area (Å²) in [5, 5.41) is 16.7. The van der Waals surface area contributed by atoms with Crippen molar-refractivity contribution in [2.75, 3.05) is 19.8 Å². The fourth-order valence-corrected chi connectivity index (χ4v) is 6.10. The molecule has 308 valence electrons. The quantitative estimate of drug-likeness (QED) is 0.109. The number of aliphatic hydroxyl groups is 1. The summed E-state index contributed by atoms with van der Waals surface area (Å²) in [4.78, 5) is 93.9. The second kappa shape index (κ2) is 20.5. The van der Waals surface area contributed by atoms with Gasteiger partial charge in [-0.2, -0.15) is 0 Å². The van der Waals surface area contributed by atoms with E-state index in [0.29, 0.717) is 0 Å². The number of ether oxygens (including phenoxy) is 6. The zero-order valence-electron chi connectivity index (χ0n) is 32.0. The lowest BCUT2D eigenvalue weighted by molar-refractivity contribution is -0.285. The fraction of sp³-hybridized carbons (Fsp3) is 0.279. The lowest BCUT2D eigenvalue weighted by atomic mass is 9.87. The Kier molecular flexibility index (Phi) is 15.0. The van der Waals surface area contributed by atoms with Gasteiger partial charge >= 0.3 is 29.8 Å². The van der Waals surface area contributed by atoms with Gasteiger partial charge in [0.15, 0.2) is 12.2 Å². The smallest absolute Gasteiger partial charge is 0.341 e. The topological polar surface area (TPSA) is 219 Å². The second-order valence-electron chi connectivity index (χ2n) is 13.1. The number of hydrogen-bond acceptors (Lipinski definition) is 14. The highest BCUT2D eigenvalue weighted by Gasteiger charge is 2.59. The van der Waals surface area contributed by atoms with E-state index in [1.165, 1.54) is 60.7 Å². The first kappa shape index (κ1) is 43.2. The van der Waals surface area contributed by atoms with E-state index >= 15 is 0 Å². The molecule has 0 aromatic heterocycles. The Morgan fingerprint density at radius 1 is 0.695 bits per heavy atom. The Hall–Kier alpha value is -6.91. The van der Waals surface area contributed by atoms with Gasteiger partial charge in [-0.05, 0) is 55.5 Å². The van der Waals surface area contributed by atoms with Gasteiger partial charge in [0.25, 0.3) is 11.7 Å². The van der Waals surface area contributed by atoms with Crippen LogP contribution in [0, 0.1) is 0 Å². The molecule has 1 fully saturated rings. The Morgan fingerprint density at radius 3 is 1.66 bits per heavy atom. The molecule has 0 unspecified atom stereocenters. The van der Waals surface area contributed by atoms with Crippen molar-refractivity contribution in [3.63, 3.8) is 0 Å². The first-order chi connectivity index (χ1) is 28.4. The molecule has 16 nitrogen and oxygen atoms in total. The van der Waals surface area contributed by atoms with Gasteiger partial charge in [-0.25, -0.2) is 19.2 Å². The molecular weight excluding hydrogens is 768 g/mol. The SMILES string of the molecule is CCOC(=O)CNC(=O)[C@]1(OC(=O)c2ccccc2)C[C@@H](O)[C@@H](NC(C)=O)[C@H]([C@H](OC(=O)c2ccccc2)[C@@H](COC(=O)c2ccccc2)OC(=O)c2ccccc2)O1. The van der Waals surface area contributed by atoms with Gasteiger partial charge in [0.2, 0.25) is 5.91 Å². The number of aliphatic hydroxyl groups excluding tert-OH is 1. The third kappa shape index (κ3) is 11.6. The molecule has 3 N–H and O–H groups in total. The molecule has 59 heavy (non-hydrogen) atoms. The first-order valence-corrected chi connectivity index (χ1v) is 18.5. The van der Waals surface area contributed by atoms with E-state index in [0.717, 1.165) is 6.92 Å². The Bertz CT molecular complexity index is 2080. The Morgan fingerprint density at radius 2 is 1.17 bits per heavy atom. The van der Waals surface area contributed by atoms with Crippen molar-refractivity contribution in [2.24, 2.45) is 0 Å². The van der Waals surface area contributed by atoms with Crippen LogP contribution in [0.3, 0.4) is 0 Å². The van der Waals surface area contributed by atoms with Crippen LogP contribution in [-0.2, 0) is 42.8 Å². The van der Waals surface area contributed by atoms with Crippen LogP contribution >= 0.6 is 0 Å². The largest absolute Gasteiger partial charge is 0.465 e.